The Balaban J connectivity index is 1.45. The van der Waals surface area contributed by atoms with Crippen LogP contribution in [-0.4, -0.2) is 19.7 Å². The van der Waals surface area contributed by atoms with Crippen molar-refractivity contribution in [2.75, 3.05) is 13.7 Å². The molecule has 208 valence electrons. The van der Waals surface area contributed by atoms with Gasteiger partial charge >= 0.3 is 11.6 Å². The number of para-hydroxylation sites is 1. The van der Waals surface area contributed by atoms with Crippen LogP contribution in [0.15, 0.2) is 87.4 Å². The Morgan fingerprint density at radius 2 is 1.88 bits per heavy atom. The number of ether oxygens (including phenoxy) is 4. The van der Waals surface area contributed by atoms with E-state index in [2.05, 4.69) is 19.9 Å². The summed E-state index contributed by atoms with van der Waals surface area (Å²) in [5, 5.41) is 10.5. The van der Waals surface area contributed by atoms with E-state index in [0.29, 0.717) is 46.3 Å². The van der Waals surface area contributed by atoms with Gasteiger partial charge in [-0.05, 0) is 48.2 Å². The molecule has 1 aliphatic rings. The second-order valence-electron chi connectivity index (χ2n) is 9.94. The first kappa shape index (κ1) is 27.3. The van der Waals surface area contributed by atoms with Crippen LogP contribution in [0.3, 0.4) is 0 Å². The van der Waals surface area contributed by atoms with Crippen LogP contribution in [0.2, 0.25) is 0 Å². The van der Waals surface area contributed by atoms with Gasteiger partial charge in [-0.15, -0.1) is 0 Å². The summed E-state index contributed by atoms with van der Waals surface area (Å²) in [5.74, 6) is 0.531. The second kappa shape index (κ2) is 11.5. The molecule has 41 heavy (non-hydrogen) atoms. The molecule has 2 heterocycles. The molecule has 0 saturated heterocycles. The predicted octanol–water partition coefficient (Wildman–Crippen LogP) is 5.66. The van der Waals surface area contributed by atoms with Crippen molar-refractivity contribution in [3.8, 4) is 29.1 Å². The lowest BCUT2D eigenvalue weighted by molar-refractivity contribution is 0.0730. The Kier molecular flexibility index (Phi) is 7.66. The maximum absolute atomic E-state index is 12.9. The highest BCUT2D eigenvalue weighted by Crippen LogP contribution is 2.45. The summed E-state index contributed by atoms with van der Waals surface area (Å²) in [6, 6.07) is 20.7. The maximum Gasteiger partial charge on any atom is 0.351 e. The van der Waals surface area contributed by atoms with E-state index in [-0.39, 0.29) is 22.8 Å². The van der Waals surface area contributed by atoms with E-state index in [4.69, 9.17) is 29.1 Å². The highest BCUT2D eigenvalue weighted by molar-refractivity contribution is 5.94. The molecular weight excluding hydrogens is 524 g/mol. The highest BCUT2D eigenvalue weighted by atomic mass is 16.5. The van der Waals surface area contributed by atoms with E-state index in [0.717, 1.165) is 12.0 Å². The first-order valence-corrected chi connectivity index (χ1v) is 13.1. The molecule has 1 atom stereocenters. The van der Waals surface area contributed by atoms with E-state index in [1.165, 1.54) is 12.1 Å². The first-order chi connectivity index (χ1) is 19.8. The highest BCUT2D eigenvalue weighted by Gasteiger charge is 2.32. The lowest BCUT2D eigenvalue weighted by Gasteiger charge is -2.27. The number of benzene rings is 3. The third-order valence-electron chi connectivity index (χ3n) is 6.74. The SMILES string of the molecule is COc1cc(C2C(C#N)=C(N)Oc3cc(OC(=O)c4cc5ccccc5oc4=O)ccc32)ccc1OCCC(C)C. The normalized spacial score (nSPS) is 14.3. The number of allylic oxidation sites excluding steroid dienone is 1. The molecule has 1 aromatic heterocycles. The average Bonchev–Trinajstić information content (AvgIpc) is 2.96. The van der Waals surface area contributed by atoms with Gasteiger partial charge in [-0.25, -0.2) is 9.59 Å². The van der Waals surface area contributed by atoms with Crippen LogP contribution >= 0.6 is 0 Å². The number of hydrogen-bond acceptors (Lipinski definition) is 9. The van der Waals surface area contributed by atoms with Gasteiger partial charge in [-0.3, -0.25) is 0 Å². The molecule has 0 saturated carbocycles. The summed E-state index contributed by atoms with van der Waals surface area (Å²) in [7, 11) is 1.55. The van der Waals surface area contributed by atoms with Crippen LogP contribution in [0.25, 0.3) is 11.0 Å². The van der Waals surface area contributed by atoms with Gasteiger partial charge in [0.2, 0.25) is 5.88 Å². The minimum Gasteiger partial charge on any atom is -0.493 e. The maximum atomic E-state index is 12.9. The lowest BCUT2D eigenvalue weighted by atomic mass is 9.83. The van der Waals surface area contributed by atoms with Crippen molar-refractivity contribution in [1.29, 1.82) is 5.26 Å². The molecule has 9 nitrogen and oxygen atoms in total. The number of carbonyl (C=O) groups excluding carboxylic acids is 1. The molecule has 0 radical (unpaired) electrons. The number of methoxy groups -OCH3 is 1. The summed E-state index contributed by atoms with van der Waals surface area (Å²) >= 11 is 0. The number of nitrogens with two attached hydrogens (primary N) is 1. The molecule has 0 bridgehead atoms. The average molecular weight is 553 g/mol. The molecular formula is C32H28N2O7. The standard InChI is InChI=1S/C32H28N2O7/c1-18(2)12-13-38-26-11-8-20(15-28(26)37-3)29-22-10-9-21(16-27(22)40-30(34)24(29)17-33)39-31(35)23-14-19-6-4-5-7-25(19)41-32(23)36/h4-11,14-16,18,29H,12-13,34H2,1-3H3. The van der Waals surface area contributed by atoms with E-state index in [1.54, 1.807) is 49.6 Å². The number of esters is 1. The van der Waals surface area contributed by atoms with Crippen molar-refractivity contribution in [2.24, 2.45) is 11.7 Å². The number of nitriles is 1. The summed E-state index contributed by atoms with van der Waals surface area (Å²) < 4.78 is 28.0. The second-order valence-corrected chi connectivity index (χ2v) is 9.94. The van der Waals surface area contributed by atoms with Crippen LogP contribution < -0.4 is 30.3 Å². The third kappa shape index (κ3) is 5.58. The molecule has 1 unspecified atom stereocenters. The van der Waals surface area contributed by atoms with Crippen molar-refractivity contribution >= 4 is 16.9 Å². The largest absolute Gasteiger partial charge is 0.493 e. The zero-order valence-corrected chi connectivity index (χ0v) is 22.8. The number of rotatable bonds is 8. The van der Waals surface area contributed by atoms with Crippen LogP contribution in [0, 0.1) is 17.2 Å². The zero-order chi connectivity index (χ0) is 29.1. The number of fused-ring (bicyclic) bond motifs is 2. The fraction of sp³-hybridized carbons (Fsp3) is 0.219. The van der Waals surface area contributed by atoms with Gasteiger partial charge in [0.15, 0.2) is 11.5 Å². The van der Waals surface area contributed by atoms with E-state index in [9.17, 15) is 14.9 Å². The van der Waals surface area contributed by atoms with Gasteiger partial charge in [-0.2, -0.15) is 5.26 Å². The van der Waals surface area contributed by atoms with Crippen molar-refractivity contribution in [1.82, 2.24) is 0 Å². The smallest absolute Gasteiger partial charge is 0.351 e. The Morgan fingerprint density at radius 3 is 2.63 bits per heavy atom. The summed E-state index contributed by atoms with van der Waals surface area (Å²) in [6.45, 7) is 4.80. The fourth-order valence-corrected chi connectivity index (χ4v) is 4.60. The molecule has 0 amide bonds. The Bertz CT molecular complexity index is 1760. The van der Waals surface area contributed by atoms with Crippen molar-refractivity contribution < 1.29 is 28.2 Å². The molecule has 5 rings (SSSR count). The van der Waals surface area contributed by atoms with Crippen LogP contribution in [-0.2, 0) is 0 Å². The summed E-state index contributed by atoms with van der Waals surface area (Å²) in [4.78, 5) is 25.3. The zero-order valence-electron chi connectivity index (χ0n) is 22.8. The van der Waals surface area contributed by atoms with Gasteiger partial charge in [0, 0.05) is 17.0 Å². The van der Waals surface area contributed by atoms with E-state index in [1.807, 2.05) is 12.1 Å². The van der Waals surface area contributed by atoms with Crippen LogP contribution in [0.5, 0.6) is 23.0 Å². The monoisotopic (exact) mass is 552 g/mol. The first-order valence-electron chi connectivity index (χ1n) is 13.1. The number of carbonyl (C=O) groups is 1. The van der Waals surface area contributed by atoms with Gasteiger partial charge in [-0.1, -0.05) is 44.2 Å². The van der Waals surface area contributed by atoms with Crippen LogP contribution in [0.4, 0.5) is 0 Å². The molecule has 0 spiro atoms. The predicted molar refractivity (Wildman–Crippen MR) is 151 cm³/mol. The quantitative estimate of drug-likeness (QED) is 0.167. The van der Waals surface area contributed by atoms with E-state index < -0.39 is 17.5 Å². The molecule has 9 heteroatoms. The molecule has 2 N–H and O–H groups in total. The Labute approximate surface area is 236 Å². The van der Waals surface area contributed by atoms with Crippen molar-refractivity contribution in [2.45, 2.75) is 26.2 Å². The number of nitrogens with zero attached hydrogens (tertiary/aromatic N) is 1. The topological polar surface area (TPSA) is 134 Å². The number of hydrogen-bond donors (Lipinski definition) is 1. The Morgan fingerprint density at radius 1 is 1.07 bits per heavy atom. The van der Waals surface area contributed by atoms with Crippen LogP contribution in [0.1, 0.15) is 47.7 Å². The molecule has 4 aromatic rings. The third-order valence-corrected chi connectivity index (χ3v) is 6.74. The lowest BCUT2D eigenvalue weighted by Crippen LogP contribution is -2.22. The Hall–Kier alpha value is -5.23. The minimum atomic E-state index is -0.879. The molecule has 1 aliphatic heterocycles. The van der Waals surface area contributed by atoms with Gasteiger partial charge in [0.05, 0.1) is 19.6 Å². The van der Waals surface area contributed by atoms with Gasteiger partial charge < -0.3 is 29.1 Å². The molecule has 0 fully saturated rings. The summed E-state index contributed by atoms with van der Waals surface area (Å²) in [6.07, 6.45) is 0.898. The fourth-order valence-electron chi connectivity index (χ4n) is 4.60. The molecule has 3 aromatic carbocycles. The van der Waals surface area contributed by atoms with E-state index >= 15 is 0 Å². The summed E-state index contributed by atoms with van der Waals surface area (Å²) in [5.41, 5.74) is 7.08. The van der Waals surface area contributed by atoms with Gasteiger partial charge in [0.25, 0.3) is 0 Å². The minimum absolute atomic E-state index is 0.0696. The van der Waals surface area contributed by atoms with Crippen molar-refractivity contribution in [3.05, 3.63) is 105 Å². The van der Waals surface area contributed by atoms with Gasteiger partial charge in [0.1, 0.15) is 34.3 Å². The van der Waals surface area contributed by atoms with Crippen molar-refractivity contribution in [3.63, 3.8) is 0 Å². The molecule has 0 aliphatic carbocycles.